The van der Waals surface area contributed by atoms with Crippen LogP contribution in [0.15, 0.2) is 71.8 Å². The Balaban J connectivity index is 3.83. The fourth-order valence-electron chi connectivity index (χ4n) is 3.57. The Hall–Kier alpha value is -2.49. The largest absolute Gasteiger partial charge is 0.392 e. The second-order valence-electron chi connectivity index (χ2n) is 9.70. The van der Waals surface area contributed by atoms with Gasteiger partial charge in [0.2, 0.25) is 0 Å². The maximum Gasteiger partial charge on any atom is 0.0794 e. The van der Waals surface area contributed by atoms with E-state index in [1.54, 1.807) is 19.4 Å². The molecule has 0 aromatic heterocycles. The van der Waals surface area contributed by atoms with Crippen LogP contribution in [0.25, 0.3) is 11.6 Å². The van der Waals surface area contributed by atoms with Crippen LogP contribution in [0.4, 0.5) is 0 Å². The molecule has 0 saturated heterocycles. The molecule has 1 rings (SSSR count). The molecule has 0 amide bonds. The van der Waals surface area contributed by atoms with Crippen LogP contribution < -0.4 is 10.4 Å². The molecule has 0 radical (unpaired) electrons. The van der Waals surface area contributed by atoms with Crippen LogP contribution in [0.2, 0.25) is 0 Å². The van der Waals surface area contributed by atoms with E-state index in [2.05, 4.69) is 78.6 Å². The molecule has 33 heavy (non-hydrogen) atoms. The van der Waals surface area contributed by atoms with Crippen molar-refractivity contribution in [2.24, 2.45) is 16.3 Å². The average Bonchev–Trinajstić information content (AvgIpc) is 2.77. The number of aryl methyl sites for hydroxylation is 1. The second kappa shape index (κ2) is 13.3. The average molecular weight is 450 g/mol. The summed E-state index contributed by atoms with van der Waals surface area (Å²) < 4.78 is 5.44. The molecule has 1 N–H and O–H groups in total. The summed E-state index contributed by atoms with van der Waals surface area (Å²) >= 11 is 0. The molecule has 1 aromatic carbocycles. The van der Waals surface area contributed by atoms with Gasteiger partial charge in [0, 0.05) is 25.8 Å². The number of benzene rings is 1. The SMILES string of the molecule is C=C/C(C)=C/C=N/C(C(=C)CO)C(CCOC)/C(C)=c1\cccc(C)\c1=C\C(=C)C(C)(C)C. The molecule has 3 nitrogen and oxygen atoms in total. The lowest BCUT2D eigenvalue weighted by atomic mass is 9.83. The van der Waals surface area contributed by atoms with Gasteiger partial charge in [-0.25, -0.2) is 0 Å². The first kappa shape index (κ1) is 28.5. The lowest BCUT2D eigenvalue weighted by Gasteiger charge is -2.26. The number of hydrogen-bond donors (Lipinski definition) is 1. The van der Waals surface area contributed by atoms with E-state index in [4.69, 9.17) is 9.73 Å². The number of aliphatic imine (C=N–C) groups is 1. The molecular formula is C30H43NO2. The van der Waals surface area contributed by atoms with Crippen LogP contribution in [0.3, 0.4) is 0 Å². The lowest BCUT2D eigenvalue weighted by molar-refractivity contribution is 0.181. The Labute approximate surface area is 201 Å². The van der Waals surface area contributed by atoms with E-state index in [0.717, 1.165) is 17.6 Å². The van der Waals surface area contributed by atoms with Crippen LogP contribution in [-0.4, -0.2) is 37.7 Å². The summed E-state index contributed by atoms with van der Waals surface area (Å²) in [4.78, 5) is 4.82. The van der Waals surface area contributed by atoms with Crippen LogP contribution in [-0.2, 0) is 4.74 Å². The van der Waals surface area contributed by atoms with Gasteiger partial charge in [0.25, 0.3) is 0 Å². The van der Waals surface area contributed by atoms with Gasteiger partial charge < -0.3 is 9.84 Å². The van der Waals surface area contributed by atoms with Crippen molar-refractivity contribution in [2.75, 3.05) is 20.3 Å². The van der Waals surface area contributed by atoms with Crippen molar-refractivity contribution >= 4 is 17.9 Å². The van der Waals surface area contributed by atoms with Gasteiger partial charge >= 0.3 is 0 Å². The van der Waals surface area contributed by atoms with Gasteiger partial charge in [-0.15, -0.1) is 0 Å². The minimum absolute atomic E-state index is 0.0176. The summed E-state index contributed by atoms with van der Waals surface area (Å²) in [6, 6.07) is 6.12. The molecule has 0 spiro atoms. The molecule has 2 unspecified atom stereocenters. The van der Waals surface area contributed by atoms with Crippen molar-refractivity contribution in [3.05, 3.63) is 82.8 Å². The van der Waals surface area contributed by atoms with Crippen molar-refractivity contribution in [1.82, 2.24) is 0 Å². The summed E-state index contributed by atoms with van der Waals surface area (Å²) in [6.45, 7) is 25.5. The van der Waals surface area contributed by atoms with Gasteiger partial charge in [0.05, 0.1) is 12.6 Å². The molecule has 1 aromatic rings. The third-order valence-corrected chi connectivity index (χ3v) is 6.13. The van der Waals surface area contributed by atoms with E-state index >= 15 is 0 Å². The van der Waals surface area contributed by atoms with Gasteiger partial charge in [0.15, 0.2) is 0 Å². The van der Waals surface area contributed by atoms with Gasteiger partial charge in [-0.3, -0.25) is 4.99 Å². The lowest BCUT2D eigenvalue weighted by Crippen LogP contribution is -2.35. The van der Waals surface area contributed by atoms with Crippen molar-refractivity contribution in [3.63, 3.8) is 0 Å². The van der Waals surface area contributed by atoms with E-state index in [-0.39, 0.29) is 24.0 Å². The predicted molar refractivity (Wildman–Crippen MR) is 145 cm³/mol. The molecule has 2 atom stereocenters. The molecular weight excluding hydrogens is 406 g/mol. The number of rotatable bonds is 11. The summed E-state index contributed by atoms with van der Waals surface area (Å²) in [7, 11) is 1.71. The Bertz CT molecular complexity index is 1020. The maximum atomic E-state index is 9.93. The molecule has 0 aliphatic carbocycles. The van der Waals surface area contributed by atoms with Crippen LogP contribution in [0.5, 0.6) is 0 Å². The fourth-order valence-corrected chi connectivity index (χ4v) is 3.57. The number of ether oxygens (including phenoxy) is 1. The first-order chi connectivity index (χ1) is 15.5. The summed E-state index contributed by atoms with van der Waals surface area (Å²) in [5, 5.41) is 12.3. The quantitative estimate of drug-likeness (QED) is 0.282. The Morgan fingerprint density at radius 1 is 1.21 bits per heavy atom. The monoisotopic (exact) mass is 449 g/mol. The summed E-state index contributed by atoms with van der Waals surface area (Å²) in [5.41, 5.74) is 5.18. The molecule has 3 heteroatoms. The highest BCUT2D eigenvalue weighted by Crippen LogP contribution is 2.27. The topological polar surface area (TPSA) is 41.8 Å². The zero-order chi connectivity index (χ0) is 25.2. The molecule has 0 aliphatic heterocycles. The van der Waals surface area contributed by atoms with Gasteiger partial charge in [-0.2, -0.15) is 0 Å². The van der Waals surface area contributed by atoms with E-state index in [9.17, 15) is 5.11 Å². The number of methoxy groups -OCH3 is 1. The number of aliphatic hydroxyl groups is 1. The normalized spacial score (nSPS) is 16.0. The number of hydrogen-bond acceptors (Lipinski definition) is 3. The minimum Gasteiger partial charge on any atom is -0.392 e. The van der Waals surface area contributed by atoms with E-state index in [1.807, 2.05) is 13.0 Å². The van der Waals surface area contributed by atoms with Crippen LogP contribution in [0, 0.1) is 18.3 Å². The molecule has 0 heterocycles. The smallest absolute Gasteiger partial charge is 0.0794 e. The van der Waals surface area contributed by atoms with E-state index in [0.29, 0.717) is 12.2 Å². The zero-order valence-corrected chi connectivity index (χ0v) is 21.7. The van der Waals surface area contributed by atoms with Crippen molar-refractivity contribution in [2.45, 2.75) is 54.0 Å². The standard InChI is InChI=1S/C30H43NO2/c1-11-21(2)15-17-31-29(23(4)20-32)27(16-18-33-10)25(6)26-14-12-13-22(3)28(26)19-24(5)30(7,8)9/h11-15,17,19,27,29,32H,1,4-5,16,18,20H2,2-3,6-10H3/b21-15+,26-25+,28-19-,31-17+. The Kier molecular flexibility index (Phi) is 11.5. The Morgan fingerprint density at radius 3 is 2.42 bits per heavy atom. The molecule has 180 valence electrons. The summed E-state index contributed by atoms with van der Waals surface area (Å²) in [5.74, 6) is 0.0233. The maximum absolute atomic E-state index is 9.93. The molecule has 0 bridgehead atoms. The van der Waals surface area contributed by atoms with Gasteiger partial charge in [-0.1, -0.05) is 82.0 Å². The second-order valence-corrected chi connectivity index (χ2v) is 9.70. The fraction of sp³-hybridized carbons (Fsp3) is 0.433. The molecule has 0 aliphatic rings. The third kappa shape index (κ3) is 8.42. The van der Waals surface area contributed by atoms with Crippen molar-refractivity contribution in [1.29, 1.82) is 0 Å². The zero-order valence-electron chi connectivity index (χ0n) is 21.7. The van der Waals surface area contributed by atoms with Gasteiger partial charge in [0.1, 0.15) is 0 Å². The van der Waals surface area contributed by atoms with Gasteiger partial charge in [-0.05, 0) is 65.8 Å². The van der Waals surface area contributed by atoms with E-state index in [1.165, 1.54) is 21.6 Å². The highest BCUT2D eigenvalue weighted by molar-refractivity contribution is 5.73. The number of nitrogens with zero attached hydrogens (tertiary/aromatic N) is 1. The molecule has 0 saturated carbocycles. The number of aliphatic hydroxyl groups excluding tert-OH is 1. The first-order valence-electron chi connectivity index (χ1n) is 11.5. The van der Waals surface area contributed by atoms with Crippen molar-refractivity contribution in [3.8, 4) is 0 Å². The molecule has 0 fully saturated rings. The Morgan fingerprint density at radius 2 is 1.88 bits per heavy atom. The predicted octanol–water partition coefficient (Wildman–Crippen LogP) is 5.32. The highest BCUT2D eigenvalue weighted by atomic mass is 16.5. The highest BCUT2D eigenvalue weighted by Gasteiger charge is 2.25. The third-order valence-electron chi connectivity index (χ3n) is 6.13. The number of allylic oxidation sites excluding steroid dienone is 4. The van der Waals surface area contributed by atoms with E-state index < -0.39 is 0 Å². The minimum atomic E-state index is -0.266. The summed E-state index contributed by atoms with van der Waals surface area (Å²) in [6.07, 6.45) is 8.48. The first-order valence-corrected chi connectivity index (χ1v) is 11.5. The van der Waals surface area contributed by atoms with Crippen molar-refractivity contribution < 1.29 is 9.84 Å². The van der Waals surface area contributed by atoms with Crippen LogP contribution >= 0.6 is 0 Å². The van der Waals surface area contributed by atoms with Crippen LogP contribution in [0.1, 0.15) is 46.6 Å².